The number of hydrogen-bond acceptors (Lipinski definition) is 5. The molecule has 2 aromatic carbocycles. The molecule has 2 aliphatic rings. The van der Waals surface area contributed by atoms with Gasteiger partial charge in [0.1, 0.15) is 12.6 Å². The number of hydrogen-bond donors (Lipinski definition) is 0. The number of ether oxygens (including phenoxy) is 1. The van der Waals surface area contributed by atoms with Crippen LogP contribution in [-0.4, -0.2) is 63.6 Å². The van der Waals surface area contributed by atoms with E-state index in [9.17, 15) is 14.0 Å². The van der Waals surface area contributed by atoms with Crippen LogP contribution >= 0.6 is 0 Å². The Kier molecular flexibility index (Phi) is 6.58. The van der Waals surface area contributed by atoms with E-state index in [1.54, 1.807) is 36.4 Å². The van der Waals surface area contributed by atoms with E-state index in [-0.39, 0.29) is 29.9 Å². The van der Waals surface area contributed by atoms with Gasteiger partial charge in [0.25, 0.3) is 5.56 Å². The molecule has 0 saturated carbocycles. The number of carbonyl (C=O) groups excluding carboxylic acids is 1. The summed E-state index contributed by atoms with van der Waals surface area (Å²) in [6.07, 6.45) is 5.05. The molecule has 0 atom stereocenters. The lowest BCUT2D eigenvalue weighted by atomic mass is 9.98. The quantitative estimate of drug-likeness (QED) is 0.581. The number of para-hydroxylation sites is 2. The summed E-state index contributed by atoms with van der Waals surface area (Å²) in [5, 5.41) is 0.527. The molecular formula is C26H29FN4O3. The normalized spacial score (nSPS) is 18.3. The van der Waals surface area contributed by atoms with Crippen molar-refractivity contribution in [2.24, 2.45) is 0 Å². The van der Waals surface area contributed by atoms with E-state index < -0.39 is 0 Å². The van der Waals surface area contributed by atoms with Gasteiger partial charge in [-0.1, -0.05) is 24.3 Å². The maximum atomic E-state index is 13.9. The van der Waals surface area contributed by atoms with Gasteiger partial charge in [-0.3, -0.25) is 19.1 Å². The Morgan fingerprint density at radius 2 is 1.68 bits per heavy atom. The van der Waals surface area contributed by atoms with Crippen LogP contribution in [0.15, 0.2) is 59.7 Å². The molecule has 5 rings (SSSR count). The molecule has 2 fully saturated rings. The lowest BCUT2D eigenvalue weighted by Crippen LogP contribution is -2.50. The van der Waals surface area contributed by atoms with Crippen LogP contribution in [0.2, 0.25) is 0 Å². The van der Waals surface area contributed by atoms with Crippen molar-refractivity contribution in [1.29, 1.82) is 0 Å². The summed E-state index contributed by atoms with van der Waals surface area (Å²) in [6, 6.07) is 14.2. The highest BCUT2D eigenvalue weighted by Crippen LogP contribution is 2.25. The van der Waals surface area contributed by atoms with Gasteiger partial charge < -0.3 is 9.64 Å². The fourth-order valence-electron chi connectivity index (χ4n) is 5.02. The molecule has 1 aromatic heterocycles. The Labute approximate surface area is 197 Å². The van der Waals surface area contributed by atoms with Crippen molar-refractivity contribution < 1.29 is 13.9 Å². The first kappa shape index (κ1) is 22.5. The van der Waals surface area contributed by atoms with Crippen LogP contribution in [0.5, 0.6) is 5.75 Å². The second-order valence-electron chi connectivity index (χ2n) is 9.09. The highest BCUT2D eigenvalue weighted by atomic mass is 19.1. The molecule has 0 aliphatic carbocycles. The number of halogens is 1. The van der Waals surface area contributed by atoms with Gasteiger partial charge in [-0.05, 0) is 49.9 Å². The summed E-state index contributed by atoms with van der Waals surface area (Å²) in [5.41, 5.74) is 0.453. The standard InChI is InChI=1S/C26H29FN4O3/c27-22-6-2-4-8-24(22)34-20-11-15-29(16-12-20)19-9-13-30(14-10-19)25(32)17-31-18-28-23-7-3-1-5-21(23)26(31)33/h1-8,18-20H,9-17H2. The predicted molar refractivity (Wildman–Crippen MR) is 127 cm³/mol. The van der Waals surface area contributed by atoms with Gasteiger partial charge in [0, 0.05) is 32.2 Å². The molecule has 34 heavy (non-hydrogen) atoms. The minimum atomic E-state index is -0.316. The Bertz CT molecular complexity index is 1210. The number of likely N-dealkylation sites (tertiary alicyclic amines) is 2. The highest BCUT2D eigenvalue weighted by molar-refractivity contribution is 5.79. The topological polar surface area (TPSA) is 67.7 Å². The van der Waals surface area contributed by atoms with Crippen molar-refractivity contribution in [1.82, 2.24) is 19.4 Å². The number of nitrogens with zero attached hydrogens (tertiary/aromatic N) is 4. The first-order valence-electron chi connectivity index (χ1n) is 12.0. The molecule has 0 unspecified atom stereocenters. The summed E-state index contributed by atoms with van der Waals surface area (Å²) < 4.78 is 21.1. The van der Waals surface area contributed by atoms with Gasteiger partial charge in [-0.25, -0.2) is 9.37 Å². The molecule has 3 aromatic rings. The first-order valence-corrected chi connectivity index (χ1v) is 12.0. The highest BCUT2D eigenvalue weighted by Gasteiger charge is 2.30. The number of amides is 1. The summed E-state index contributed by atoms with van der Waals surface area (Å²) in [7, 11) is 0. The van der Waals surface area contributed by atoms with Crippen molar-refractivity contribution in [3.63, 3.8) is 0 Å². The van der Waals surface area contributed by atoms with Gasteiger partial charge in [-0.15, -0.1) is 0 Å². The van der Waals surface area contributed by atoms with Gasteiger partial charge in [0.2, 0.25) is 5.91 Å². The number of fused-ring (bicyclic) bond motifs is 1. The van der Waals surface area contributed by atoms with Crippen LogP contribution in [0.3, 0.4) is 0 Å². The Morgan fingerprint density at radius 1 is 0.971 bits per heavy atom. The van der Waals surface area contributed by atoms with E-state index >= 15 is 0 Å². The second-order valence-corrected chi connectivity index (χ2v) is 9.09. The van der Waals surface area contributed by atoms with Crippen molar-refractivity contribution in [2.45, 2.75) is 44.4 Å². The smallest absolute Gasteiger partial charge is 0.261 e. The van der Waals surface area contributed by atoms with E-state index in [1.807, 2.05) is 11.0 Å². The van der Waals surface area contributed by atoms with Gasteiger partial charge >= 0.3 is 0 Å². The van der Waals surface area contributed by atoms with Crippen molar-refractivity contribution in [2.75, 3.05) is 26.2 Å². The zero-order chi connectivity index (χ0) is 23.5. The van der Waals surface area contributed by atoms with E-state index in [4.69, 9.17) is 4.74 Å². The molecule has 178 valence electrons. The third-order valence-corrected chi connectivity index (χ3v) is 6.98. The molecule has 0 bridgehead atoms. The fraction of sp³-hybridized carbons (Fsp3) is 0.423. The number of aromatic nitrogens is 2. The Morgan fingerprint density at radius 3 is 2.44 bits per heavy atom. The van der Waals surface area contributed by atoms with E-state index in [0.29, 0.717) is 35.8 Å². The molecule has 2 saturated heterocycles. The maximum absolute atomic E-state index is 13.9. The average Bonchev–Trinajstić information content (AvgIpc) is 2.88. The average molecular weight is 465 g/mol. The van der Waals surface area contributed by atoms with Crippen LogP contribution in [0.4, 0.5) is 4.39 Å². The third-order valence-electron chi connectivity index (χ3n) is 6.98. The second kappa shape index (κ2) is 9.93. The number of carbonyl (C=O) groups is 1. The van der Waals surface area contributed by atoms with Gasteiger partial charge in [0.15, 0.2) is 11.6 Å². The summed E-state index contributed by atoms with van der Waals surface area (Å²) in [4.78, 5) is 34.2. The zero-order valence-electron chi connectivity index (χ0n) is 19.1. The Balaban J connectivity index is 1.11. The zero-order valence-corrected chi connectivity index (χ0v) is 19.1. The molecule has 7 nitrogen and oxygen atoms in total. The summed E-state index contributed by atoms with van der Waals surface area (Å²) in [5.74, 6) is -0.0354. The molecule has 0 N–H and O–H groups in total. The molecule has 0 radical (unpaired) electrons. The van der Waals surface area contributed by atoms with Crippen LogP contribution < -0.4 is 10.3 Å². The predicted octanol–water partition coefficient (Wildman–Crippen LogP) is 3.07. The van der Waals surface area contributed by atoms with Crippen LogP contribution in [0.1, 0.15) is 25.7 Å². The number of rotatable bonds is 5. The minimum Gasteiger partial charge on any atom is -0.487 e. The number of benzene rings is 2. The van der Waals surface area contributed by atoms with Gasteiger partial charge in [-0.2, -0.15) is 0 Å². The fourth-order valence-corrected chi connectivity index (χ4v) is 5.02. The van der Waals surface area contributed by atoms with E-state index in [1.165, 1.54) is 17.0 Å². The summed E-state index contributed by atoms with van der Waals surface area (Å²) >= 11 is 0. The molecule has 3 heterocycles. The lowest BCUT2D eigenvalue weighted by Gasteiger charge is -2.41. The third kappa shape index (κ3) is 4.82. The number of piperidine rings is 2. The van der Waals surface area contributed by atoms with Gasteiger partial charge in [0.05, 0.1) is 17.2 Å². The Hall–Kier alpha value is -3.26. The van der Waals surface area contributed by atoms with Crippen LogP contribution in [-0.2, 0) is 11.3 Å². The molecule has 2 aliphatic heterocycles. The molecule has 8 heteroatoms. The van der Waals surface area contributed by atoms with Crippen LogP contribution in [0, 0.1) is 5.82 Å². The maximum Gasteiger partial charge on any atom is 0.261 e. The summed E-state index contributed by atoms with van der Waals surface area (Å²) in [6.45, 7) is 3.21. The molecular weight excluding hydrogens is 435 g/mol. The minimum absolute atomic E-state index is 0.0140. The monoisotopic (exact) mass is 464 g/mol. The molecule has 1 amide bonds. The SMILES string of the molecule is O=C(Cn1cnc2ccccc2c1=O)N1CCC(N2CCC(Oc3ccccc3F)CC2)CC1. The van der Waals surface area contributed by atoms with Crippen molar-refractivity contribution in [3.8, 4) is 5.75 Å². The van der Waals surface area contributed by atoms with Crippen molar-refractivity contribution in [3.05, 3.63) is 71.0 Å². The largest absolute Gasteiger partial charge is 0.487 e. The first-order chi connectivity index (χ1) is 16.6. The van der Waals surface area contributed by atoms with E-state index in [2.05, 4.69) is 9.88 Å². The van der Waals surface area contributed by atoms with Crippen molar-refractivity contribution >= 4 is 16.8 Å². The van der Waals surface area contributed by atoms with E-state index in [0.717, 1.165) is 38.8 Å². The lowest BCUT2D eigenvalue weighted by molar-refractivity contribution is -0.133. The molecule has 0 spiro atoms. The van der Waals surface area contributed by atoms with Crippen LogP contribution in [0.25, 0.3) is 10.9 Å².